The predicted molar refractivity (Wildman–Crippen MR) is 173 cm³/mol. The number of hydrogen-bond donors (Lipinski definition) is 1. The van der Waals surface area contributed by atoms with Crippen LogP contribution in [0.3, 0.4) is 0 Å². The number of aliphatic imine (C=N–C) groups is 1. The van der Waals surface area contributed by atoms with Gasteiger partial charge in [-0.2, -0.15) is 0 Å². The fourth-order valence-corrected chi connectivity index (χ4v) is 5.80. The van der Waals surface area contributed by atoms with Crippen LogP contribution >= 0.6 is 0 Å². The summed E-state index contributed by atoms with van der Waals surface area (Å²) in [6, 6.07) is 17.3. The number of anilines is 1. The van der Waals surface area contributed by atoms with Crippen LogP contribution in [0.25, 0.3) is 0 Å². The summed E-state index contributed by atoms with van der Waals surface area (Å²) in [6.07, 6.45) is 15.4. The van der Waals surface area contributed by atoms with Crippen molar-refractivity contribution in [3.8, 4) is 0 Å². The lowest BCUT2D eigenvalue weighted by Gasteiger charge is -2.27. The minimum atomic E-state index is -0.175. The van der Waals surface area contributed by atoms with Gasteiger partial charge in [0.1, 0.15) is 0 Å². The molecule has 0 spiro atoms. The molecule has 0 atom stereocenters. The molecule has 0 radical (unpaired) electrons. The van der Waals surface area contributed by atoms with Gasteiger partial charge in [-0.3, -0.25) is 9.79 Å². The van der Waals surface area contributed by atoms with Crippen LogP contribution < -0.4 is 10.2 Å². The number of para-hydroxylation sites is 1. The zero-order chi connectivity index (χ0) is 29.2. The summed E-state index contributed by atoms with van der Waals surface area (Å²) < 4.78 is 0. The molecule has 0 aliphatic carbocycles. The molecule has 0 bridgehead atoms. The molecule has 4 nitrogen and oxygen atoms in total. The summed E-state index contributed by atoms with van der Waals surface area (Å²) >= 11 is 0. The number of benzene rings is 2. The van der Waals surface area contributed by atoms with E-state index in [1.165, 1.54) is 28.1 Å². The standard InChI is InChI=1S/C36H49N3O/c1-8-26-38-34(40)25-13-10-18-27-39-31-22-17-16-21-30(31)36(5,6)33(39)24-12-9-11-23-32(37-7)35(3,4)29-20-15-14-19-28(29)2/h9,11-12,14-17,19-24H,8,10,13,18,25-27H2,1-7H3,(H,38,40)/b12-9+,23-11+,33-24+,37-32?. The second-order valence-corrected chi connectivity index (χ2v) is 11.8. The molecule has 0 saturated heterocycles. The predicted octanol–water partition coefficient (Wildman–Crippen LogP) is 8.22. The zero-order valence-corrected chi connectivity index (χ0v) is 25.8. The number of nitrogens with one attached hydrogen (secondary N) is 1. The van der Waals surface area contributed by atoms with Crippen LogP contribution in [0.15, 0.2) is 89.6 Å². The molecule has 3 rings (SSSR count). The first-order chi connectivity index (χ1) is 19.1. The maximum Gasteiger partial charge on any atom is 0.219 e. The van der Waals surface area contributed by atoms with Crippen molar-refractivity contribution in [3.63, 3.8) is 0 Å². The molecule has 0 fully saturated rings. The topological polar surface area (TPSA) is 44.7 Å². The van der Waals surface area contributed by atoms with Crippen molar-refractivity contribution >= 4 is 17.3 Å². The lowest BCUT2D eigenvalue weighted by molar-refractivity contribution is -0.121. The van der Waals surface area contributed by atoms with Gasteiger partial charge in [0.15, 0.2) is 0 Å². The summed E-state index contributed by atoms with van der Waals surface area (Å²) in [7, 11) is 1.87. The Hall–Kier alpha value is -3.40. The number of carbonyl (C=O) groups is 1. The molecule has 1 amide bonds. The van der Waals surface area contributed by atoms with Gasteiger partial charge in [0.25, 0.3) is 0 Å². The SMILES string of the molecule is CCCNC(=O)CCCCCN1/C(=C/C=C/C=C/C(=NC)C(C)(C)c2ccccc2C)C(C)(C)c2ccccc21. The van der Waals surface area contributed by atoms with Crippen molar-refractivity contribution in [2.45, 2.75) is 84.5 Å². The summed E-state index contributed by atoms with van der Waals surface area (Å²) in [5.74, 6) is 0.173. The normalized spacial score (nSPS) is 16.3. The van der Waals surface area contributed by atoms with Crippen LogP contribution in [-0.2, 0) is 15.6 Å². The third kappa shape index (κ3) is 7.41. The summed E-state index contributed by atoms with van der Waals surface area (Å²) in [4.78, 5) is 19.1. The van der Waals surface area contributed by atoms with Gasteiger partial charge in [0, 0.05) is 54.5 Å². The quantitative estimate of drug-likeness (QED) is 0.158. The van der Waals surface area contributed by atoms with Gasteiger partial charge in [-0.25, -0.2) is 0 Å². The van der Waals surface area contributed by atoms with E-state index in [2.05, 4.69) is 136 Å². The third-order valence-corrected chi connectivity index (χ3v) is 8.09. The molecular weight excluding hydrogens is 490 g/mol. The van der Waals surface area contributed by atoms with Crippen LogP contribution in [0, 0.1) is 6.92 Å². The van der Waals surface area contributed by atoms with Crippen molar-refractivity contribution in [3.05, 3.63) is 101 Å². The van der Waals surface area contributed by atoms with E-state index in [-0.39, 0.29) is 16.7 Å². The summed E-state index contributed by atoms with van der Waals surface area (Å²) in [5, 5.41) is 2.98. The number of unbranched alkanes of at least 4 members (excludes halogenated alkanes) is 2. The third-order valence-electron chi connectivity index (χ3n) is 8.09. The van der Waals surface area contributed by atoms with Gasteiger partial charge >= 0.3 is 0 Å². The van der Waals surface area contributed by atoms with Gasteiger partial charge in [-0.05, 0) is 61.1 Å². The Morgan fingerprint density at radius 3 is 2.45 bits per heavy atom. The highest BCUT2D eigenvalue weighted by Crippen LogP contribution is 2.47. The average molecular weight is 540 g/mol. The minimum absolute atomic E-state index is 0.0758. The number of carbonyl (C=O) groups excluding carboxylic acids is 1. The van der Waals surface area contributed by atoms with Crippen molar-refractivity contribution in [1.29, 1.82) is 0 Å². The van der Waals surface area contributed by atoms with Gasteiger partial charge in [-0.15, -0.1) is 0 Å². The molecule has 214 valence electrons. The monoisotopic (exact) mass is 539 g/mol. The number of aryl methyl sites for hydroxylation is 1. The highest BCUT2D eigenvalue weighted by molar-refractivity contribution is 6.03. The number of allylic oxidation sites excluding steroid dienone is 6. The van der Waals surface area contributed by atoms with Crippen molar-refractivity contribution in [1.82, 2.24) is 5.32 Å². The molecule has 4 heteroatoms. The highest BCUT2D eigenvalue weighted by Gasteiger charge is 2.39. The molecule has 0 unspecified atom stereocenters. The van der Waals surface area contributed by atoms with E-state index in [1.54, 1.807) is 0 Å². The molecule has 1 aliphatic rings. The molecular formula is C36H49N3O. The zero-order valence-electron chi connectivity index (χ0n) is 25.8. The van der Waals surface area contributed by atoms with E-state index in [9.17, 15) is 4.79 Å². The molecule has 40 heavy (non-hydrogen) atoms. The summed E-state index contributed by atoms with van der Waals surface area (Å²) in [5.41, 5.74) is 7.35. The second-order valence-electron chi connectivity index (χ2n) is 11.8. The first kappa shape index (κ1) is 31.1. The largest absolute Gasteiger partial charge is 0.356 e. The highest BCUT2D eigenvalue weighted by atomic mass is 16.1. The Kier molecular flexibility index (Phi) is 11.1. The molecule has 2 aromatic rings. The van der Waals surface area contributed by atoms with E-state index in [0.29, 0.717) is 6.42 Å². The number of amides is 1. The van der Waals surface area contributed by atoms with Crippen LogP contribution in [-0.4, -0.2) is 31.8 Å². The number of hydrogen-bond acceptors (Lipinski definition) is 3. The van der Waals surface area contributed by atoms with Crippen molar-refractivity contribution < 1.29 is 4.79 Å². The second kappa shape index (κ2) is 14.3. The molecule has 0 aromatic heterocycles. The summed E-state index contributed by atoms with van der Waals surface area (Å²) in [6.45, 7) is 15.1. The lowest BCUT2D eigenvalue weighted by Crippen LogP contribution is -2.28. The van der Waals surface area contributed by atoms with Crippen LogP contribution in [0.5, 0.6) is 0 Å². The molecule has 1 aliphatic heterocycles. The first-order valence-electron chi connectivity index (χ1n) is 14.9. The van der Waals surface area contributed by atoms with Crippen molar-refractivity contribution in [2.75, 3.05) is 25.0 Å². The lowest BCUT2D eigenvalue weighted by atomic mass is 9.77. The molecule has 1 heterocycles. The molecule has 2 aromatic carbocycles. The number of fused-ring (bicyclic) bond motifs is 1. The molecule has 1 N–H and O–H groups in total. The van der Waals surface area contributed by atoms with E-state index in [4.69, 9.17) is 0 Å². The van der Waals surface area contributed by atoms with E-state index in [1.807, 2.05) is 7.05 Å². The smallest absolute Gasteiger partial charge is 0.219 e. The van der Waals surface area contributed by atoms with Crippen molar-refractivity contribution in [2.24, 2.45) is 4.99 Å². The fourth-order valence-electron chi connectivity index (χ4n) is 5.80. The van der Waals surface area contributed by atoms with Gasteiger partial charge in [0.05, 0.1) is 0 Å². The minimum Gasteiger partial charge on any atom is -0.356 e. The molecule has 0 saturated carbocycles. The van der Waals surface area contributed by atoms with Gasteiger partial charge < -0.3 is 10.2 Å². The Bertz CT molecular complexity index is 1260. The first-order valence-corrected chi connectivity index (χ1v) is 14.9. The van der Waals surface area contributed by atoms with Crippen LogP contribution in [0.1, 0.15) is 83.4 Å². The van der Waals surface area contributed by atoms with E-state index in [0.717, 1.165) is 44.5 Å². The Labute approximate surface area is 243 Å². The van der Waals surface area contributed by atoms with E-state index < -0.39 is 0 Å². The van der Waals surface area contributed by atoms with E-state index >= 15 is 0 Å². The number of nitrogens with zero attached hydrogens (tertiary/aromatic N) is 2. The van der Waals surface area contributed by atoms with Crippen LogP contribution in [0.4, 0.5) is 5.69 Å². The average Bonchev–Trinajstić information content (AvgIpc) is 3.15. The fraction of sp³-hybridized carbons (Fsp3) is 0.444. The Morgan fingerprint density at radius 1 is 1.00 bits per heavy atom. The van der Waals surface area contributed by atoms with Gasteiger partial charge in [-0.1, -0.05) is 102 Å². The Balaban J connectivity index is 1.71. The van der Waals surface area contributed by atoms with Gasteiger partial charge in [0.2, 0.25) is 5.91 Å². The maximum atomic E-state index is 11.9. The number of rotatable bonds is 13. The van der Waals surface area contributed by atoms with Crippen LogP contribution in [0.2, 0.25) is 0 Å². The Morgan fingerprint density at radius 2 is 1.73 bits per heavy atom. The maximum absolute atomic E-state index is 11.9.